The van der Waals surface area contributed by atoms with Crippen LogP contribution in [-0.2, 0) is 0 Å². The molecule has 0 aliphatic carbocycles. The molecule has 10 aromatic rings. The van der Waals surface area contributed by atoms with E-state index in [0.717, 1.165) is 33.9 Å². The highest BCUT2D eigenvalue weighted by Gasteiger charge is 2.17. The summed E-state index contributed by atoms with van der Waals surface area (Å²) in [6.07, 6.45) is 0. The van der Waals surface area contributed by atoms with Crippen molar-refractivity contribution in [2.75, 3.05) is 0 Å². The second-order valence-electron chi connectivity index (χ2n) is 12.8. The molecule has 10 rings (SSSR count). The van der Waals surface area contributed by atoms with Crippen molar-refractivity contribution in [3.05, 3.63) is 188 Å². The van der Waals surface area contributed by atoms with E-state index < -0.39 is 0 Å². The average Bonchev–Trinajstić information content (AvgIpc) is 3.71. The van der Waals surface area contributed by atoms with Crippen LogP contribution in [0.25, 0.3) is 88.6 Å². The van der Waals surface area contributed by atoms with E-state index in [1.165, 1.54) is 54.7 Å². The molecule has 0 aliphatic rings. The predicted octanol–water partition coefficient (Wildman–Crippen LogP) is 12.3. The van der Waals surface area contributed by atoms with Crippen LogP contribution in [0.2, 0.25) is 0 Å². The van der Waals surface area contributed by atoms with Gasteiger partial charge >= 0.3 is 0 Å². The highest BCUT2D eigenvalue weighted by atomic mass is 15.0. The molecule has 0 bridgehead atoms. The summed E-state index contributed by atoms with van der Waals surface area (Å²) in [5.41, 5.74) is 13.5. The molecule has 50 heavy (non-hydrogen) atoms. The Kier molecular flexibility index (Phi) is 6.49. The number of benzene rings is 7. The Morgan fingerprint density at radius 3 is 1.38 bits per heavy atom. The smallest absolute Gasteiger partial charge is 0.0730 e. The highest BCUT2D eigenvalue weighted by molar-refractivity contribution is 6.12. The minimum absolute atomic E-state index is 0.951. The van der Waals surface area contributed by atoms with Gasteiger partial charge < -0.3 is 9.13 Å². The molecule has 3 aromatic heterocycles. The number of fused-ring (bicyclic) bond motifs is 6. The van der Waals surface area contributed by atoms with E-state index in [1.807, 2.05) is 0 Å². The van der Waals surface area contributed by atoms with E-state index in [4.69, 9.17) is 4.98 Å². The van der Waals surface area contributed by atoms with Gasteiger partial charge in [-0.05, 0) is 65.7 Å². The second kappa shape index (κ2) is 11.5. The molecule has 0 aliphatic heterocycles. The first-order valence-electron chi connectivity index (χ1n) is 17.1. The van der Waals surface area contributed by atoms with Gasteiger partial charge in [-0.3, -0.25) is 0 Å². The molecule has 3 heterocycles. The molecule has 0 saturated heterocycles. The Labute approximate surface area is 290 Å². The first-order chi connectivity index (χ1) is 24.8. The number of rotatable bonds is 5. The molecule has 0 radical (unpaired) electrons. The molecule has 0 spiro atoms. The lowest BCUT2D eigenvalue weighted by molar-refractivity contribution is 1.16. The van der Waals surface area contributed by atoms with Gasteiger partial charge in [0.2, 0.25) is 0 Å². The normalized spacial score (nSPS) is 11.6. The lowest BCUT2D eigenvalue weighted by atomic mass is 10.0. The zero-order valence-corrected chi connectivity index (χ0v) is 27.2. The van der Waals surface area contributed by atoms with Gasteiger partial charge in [0.25, 0.3) is 0 Å². The van der Waals surface area contributed by atoms with E-state index in [9.17, 15) is 0 Å². The van der Waals surface area contributed by atoms with Gasteiger partial charge in [0.15, 0.2) is 0 Å². The number of pyridine rings is 1. The predicted molar refractivity (Wildman–Crippen MR) is 209 cm³/mol. The standard InChI is InChI=1S/C47H31N3/c1-4-14-32(15-5-1)42-30-37(31-43(48-42)33-16-6-2-7-17-33)50-45-23-13-11-21-39(45)41-28-34(25-27-46(41)50)35-24-26-40-38-20-10-12-22-44(38)49(47(40)29-35)36-18-8-3-9-19-36/h1-31H. The Morgan fingerprint density at radius 2 is 0.740 bits per heavy atom. The van der Waals surface area contributed by atoms with Gasteiger partial charge in [0, 0.05) is 38.4 Å². The van der Waals surface area contributed by atoms with E-state index in [0.29, 0.717) is 0 Å². The molecule has 3 nitrogen and oxygen atoms in total. The van der Waals surface area contributed by atoms with Crippen LogP contribution in [-0.4, -0.2) is 14.1 Å². The fourth-order valence-corrected chi connectivity index (χ4v) is 7.59. The fourth-order valence-electron chi connectivity index (χ4n) is 7.59. The van der Waals surface area contributed by atoms with Gasteiger partial charge in [-0.2, -0.15) is 0 Å². The third-order valence-electron chi connectivity index (χ3n) is 9.90. The van der Waals surface area contributed by atoms with Gasteiger partial charge in [-0.25, -0.2) is 4.98 Å². The summed E-state index contributed by atoms with van der Waals surface area (Å²) in [7, 11) is 0. The minimum atomic E-state index is 0.951. The van der Waals surface area contributed by atoms with Crippen LogP contribution in [0.5, 0.6) is 0 Å². The van der Waals surface area contributed by atoms with Crippen LogP contribution in [0.15, 0.2) is 188 Å². The largest absolute Gasteiger partial charge is 0.309 e. The van der Waals surface area contributed by atoms with Crippen molar-refractivity contribution in [1.82, 2.24) is 14.1 Å². The molecular weight excluding hydrogens is 607 g/mol. The van der Waals surface area contributed by atoms with Crippen molar-refractivity contribution in [3.8, 4) is 45.0 Å². The lowest BCUT2D eigenvalue weighted by Gasteiger charge is -2.13. The summed E-state index contributed by atoms with van der Waals surface area (Å²) in [5.74, 6) is 0. The third-order valence-corrected chi connectivity index (χ3v) is 9.90. The van der Waals surface area contributed by atoms with Crippen LogP contribution in [0.3, 0.4) is 0 Å². The first kappa shape index (κ1) is 28.3. The van der Waals surface area contributed by atoms with Gasteiger partial charge in [-0.15, -0.1) is 0 Å². The molecule has 234 valence electrons. The lowest BCUT2D eigenvalue weighted by Crippen LogP contribution is -1.98. The van der Waals surface area contributed by atoms with Crippen molar-refractivity contribution in [2.24, 2.45) is 0 Å². The van der Waals surface area contributed by atoms with Crippen LogP contribution in [0, 0.1) is 0 Å². The topological polar surface area (TPSA) is 22.8 Å². The van der Waals surface area contributed by atoms with Gasteiger partial charge in [0.1, 0.15) is 0 Å². The monoisotopic (exact) mass is 637 g/mol. The molecule has 0 saturated carbocycles. The summed E-state index contributed by atoms with van der Waals surface area (Å²) in [6.45, 7) is 0. The van der Waals surface area contributed by atoms with Crippen molar-refractivity contribution in [3.63, 3.8) is 0 Å². The first-order valence-corrected chi connectivity index (χ1v) is 17.1. The van der Waals surface area contributed by atoms with E-state index >= 15 is 0 Å². The van der Waals surface area contributed by atoms with Gasteiger partial charge in [-0.1, -0.05) is 133 Å². The maximum atomic E-state index is 5.15. The van der Waals surface area contributed by atoms with E-state index in [2.05, 4.69) is 197 Å². The van der Waals surface area contributed by atoms with E-state index in [-0.39, 0.29) is 0 Å². The summed E-state index contributed by atoms with van der Waals surface area (Å²) >= 11 is 0. The van der Waals surface area contributed by atoms with Crippen LogP contribution < -0.4 is 0 Å². The number of hydrogen-bond donors (Lipinski definition) is 0. The van der Waals surface area contributed by atoms with E-state index in [1.54, 1.807) is 0 Å². The molecule has 0 atom stereocenters. The number of hydrogen-bond acceptors (Lipinski definition) is 1. The van der Waals surface area contributed by atoms with Crippen molar-refractivity contribution >= 4 is 43.6 Å². The van der Waals surface area contributed by atoms with Crippen molar-refractivity contribution in [2.45, 2.75) is 0 Å². The van der Waals surface area contributed by atoms with Crippen molar-refractivity contribution in [1.29, 1.82) is 0 Å². The molecule has 0 N–H and O–H groups in total. The summed E-state index contributed by atoms with van der Waals surface area (Å²) in [4.78, 5) is 5.15. The Morgan fingerprint density at radius 1 is 0.280 bits per heavy atom. The van der Waals surface area contributed by atoms with Gasteiger partial charge in [0.05, 0.1) is 39.1 Å². The molecular formula is C47H31N3. The zero-order valence-electron chi connectivity index (χ0n) is 27.2. The SMILES string of the molecule is c1ccc(-c2cc(-n3c4ccccc4c4cc(-c5ccc6c7ccccc7n(-c7ccccc7)c6c5)ccc43)cc(-c3ccccc3)n2)cc1. The van der Waals surface area contributed by atoms with Crippen molar-refractivity contribution < 1.29 is 0 Å². The highest BCUT2D eigenvalue weighted by Crippen LogP contribution is 2.39. The molecule has 0 unspecified atom stereocenters. The number of para-hydroxylation sites is 3. The zero-order chi connectivity index (χ0) is 33.0. The number of nitrogens with zero attached hydrogens (tertiary/aromatic N) is 3. The minimum Gasteiger partial charge on any atom is -0.309 e. The summed E-state index contributed by atoms with van der Waals surface area (Å²) in [5, 5.41) is 4.97. The summed E-state index contributed by atoms with van der Waals surface area (Å²) in [6, 6.07) is 67.3. The number of aromatic nitrogens is 3. The molecule has 7 aromatic carbocycles. The second-order valence-corrected chi connectivity index (χ2v) is 12.8. The quantitative estimate of drug-likeness (QED) is 0.184. The Bertz CT molecular complexity index is 2790. The average molecular weight is 638 g/mol. The Hall–Kier alpha value is -6.71. The Balaban J connectivity index is 1.18. The maximum Gasteiger partial charge on any atom is 0.0730 e. The third kappa shape index (κ3) is 4.56. The van der Waals surface area contributed by atoms with Crippen LogP contribution >= 0.6 is 0 Å². The van der Waals surface area contributed by atoms with Crippen LogP contribution in [0.1, 0.15) is 0 Å². The summed E-state index contributed by atoms with van der Waals surface area (Å²) < 4.78 is 4.78. The molecule has 3 heteroatoms. The molecule has 0 fully saturated rings. The molecule has 0 amide bonds. The van der Waals surface area contributed by atoms with Crippen LogP contribution in [0.4, 0.5) is 0 Å². The maximum absolute atomic E-state index is 5.15. The fraction of sp³-hybridized carbons (Fsp3) is 0.